The van der Waals surface area contributed by atoms with E-state index in [0.29, 0.717) is 17.9 Å². The minimum absolute atomic E-state index is 0.332. The molecule has 0 atom stereocenters. The molecular formula is C12H19N3O2S. The molecule has 0 saturated carbocycles. The second-order valence-electron chi connectivity index (χ2n) is 3.76. The third-order valence-corrected chi connectivity index (χ3v) is 3.03. The first-order valence-electron chi connectivity index (χ1n) is 5.72. The number of anilines is 2. The topological polar surface area (TPSA) is 68.5 Å². The molecule has 0 aliphatic rings. The molecule has 0 bridgehead atoms. The predicted octanol–water partition coefficient (Wildman–Crippen LogP) is 1.64. The molecule has 1 aromatic rings. The van der Waals surface area contributed by atoms with Crippen molar-refractivity contribution in [2.24, 2.45) is 0 Å². The summed E-state index contributed by atoms with van der Waals surface area (Å²) < 4.78 is 4.96. The summed E-state index contributed by atoms with van der Waals surface area (Å²) in [6.45, 7) is 2.96. The number of nitrogens with zero attached hydrogens (tertiary/aromatic N) is 2. The van der Waals surface area contributed by atoms with Gasteiger partial charge in [-0.15, -0.1) is 0 Å². The van der Waals surface area contributed by atoms with E-state index in [-0.39, 0.29) is 0 Å². The van der Waals surface area contributed by atoms with Crippen LogP contribution in [0.4, 0.5) is 11.5 Å². The van der Waals surface area contributed by atoms with E-state index < -0.39 is 5.97 Å². The van der Waals surface area contributed by atoms with Gasteiger partial charge in [0.25, 0.3) is 0 Å². The quantitative estimate of drug-likeness (QED) is 0.792. The summed E-state index contributed by atoms with van der Waals surface area (Å²) in [5.74, 6) is 1.32. The zero-order valence-electron chi connectivity index (χ0n) is 11.0. The van der Waals surface area contributed by atoms with Gasteiger partial charge in [-0.2, -0.15) is 11.8 Å². The lowest BCUT2D eigenvalue weighted by Crippen LogP contribution is -2.22. The molecule has 100 valence electrons. The van der Waals surface area contributed by atoms with Crippen molar-refractivity contribution < 1.29 is 9.53 Å². The van der Waals surface area contributed by atoms with Gasteiger partial charge in [0.05, 0.1) is 24.1 Å². The first-order valence-corrected chi connectivity index (χ1v) is 7.12. The number of hydrogen-bond donors (Lipinski definition) is 1. The van der Waals surface area contributed by atoms with Gasteiger partial charge >= 0.3 is 5.97 Å². The first kappa shape index (κ1) is 14.6. The van der Waals surface area contributed by atoms with Crippen molar-refractivity contribution in [3.8, 4) is 0 Å². The second-order valence-corrected chi connectivity index (χ2v) is 4.75. The number of thioether (sulfide) groups is 1. The smallest absolute Gasteiger partial charge is 0.340 e. The molecule has 5 nitrogen and oxygen atoms in total. The molecule has 0 aliphatic heterocycles. The van der Waals surface area contributed by atoms with Crippen LogP contribution in [0, 0.1) is 0 Å². The van der Waals surface area contributed by atoms with Crippen molar-refractivity contribution in [3.63, 3.8) is 0 Å². The summed E-state index contributed by atoms with van der Waals surface area (Å²) in [6.07, 6.45) is 3.55. The molecule has 0 aromatic carbocycles. The van der Waals surface area contributed by atoms with Crippen molar-refractivity contribution in [2.45, 2.75) is 6.92 Å². The number of pyridine rings is 1. The van der Waals surface area contributed by atoms with Crippen LogP contribution in [0.15, 0.2) is 12.3 Å². The van der Waals surface area contributed by atoms with Gasteiger partial charge in [0.15, 0.2) is 0 Å². The summed E-state index contributed by atoms with van der Waals surface area (Å²) >= 11 is 1.76. The summed E-state index contributed by atoms with van der Waals surface area (Å²) in [4.78, 5) is 17.9. The Bertz CT molecular complexity index is 412. The molecule has 0 radical (unpaired) electrons. The number of aromatic nitrogens is 1. The minimum atomic E-state index is -0.406. The van der Waals surface area contributed by atoms with Crippen LogP contribution in [0.3, 0.4) is 0 Å². The van der Waals surface area contributed by atoms with Crippen LogP contribution in [0.25, 0.3) is 0 Å². The highest BCUT2D eigenvalue weighted by atomic mass is 32.2. The van der Waals surface area contributed by atoms with Crippen LogP contribution in [-0.4, -0.2) is 43.2 Å². The van der Waals surface area contributed by atoms with Gasteiger partial charge in [-0.1, -0.05) is 0 Å². The van der Waals surface area contributed by atoms with E-state index in [1.165, 1.54) is 6.20 Å². The maximum Gasteiger partial charge on any atom is 0.340 e. The summed E-state index contributed by atoms with van der Waals surface area (Å²) in [5, 5.41) is 0. The van der Waals surface area contributed by atoms with Crippen LogP contribution >= 0.6 is 11.8 Å². The predicted molar refractivity (Wildman–Crippen MR) is 76.3 cm³/mol. The van der Waals surface area contributed by atoms with Gasteiger partial charge in [0.2, 0.25) is 0 Å². The van der Waals surface area contributed by atoms with E-state index >= 15 is 0 Å². The van der Waals surface area contributed by atoms with Gasteiger partial charge in [-0.25, -0.2) is 9.78 Å². The van der Waals surface area contributed by atoms with Gasteiger partial charge in [0, 0.05) is 19.3 Å². The standard InChI is InChI=1S/C12H19N3O2S/c1-4-17-12(16)9-7-11(14-8-10(9)13)15(2)5-6-18-3/h7-8H,4-6,13H2,1-3H3. The maximum atomic E-state index is 11.7. The Balaban J connectivity index is 2.89. The molecule has 0 unspecified atom stereocenters. The molecule has 0 fully saturated rings. The lowest BCUT2D eigenvalue weighted by atomic mass is 10.2. The van der Waals surface area contributed by atoms with Crippen molar-refractivity contribution in [1.29, 1.82) is 0 Å². The molecule has 0 amide bonds. The SMILES string of the molecule is CCOC(=O)c1cc(N(C)CCSC)ncc1N. The average Bonchev–Trinajstić information content (AvgIpc) is 2.36. The zero-order chi connectivity index (χ0) is 13.5. The average molecular weight is 269 g/mol. The number of rotatable bonds is 6. The van der Waals surface area contributed by atoms with E-state index in [1.54, 1.807) is 24.8 Å². The van der Waals surface area contributed by atoms with Crippen LogP contribution in [0.1, 0.15) is 17.3 Å². The number of hydrogen-bond acceptors (Lipinski definition) is 6. The third-order valence-electron chi connectivity index (χ3n) is 2.44. The molecule has 0 aliphatic carbocycles. The lowest BCUT2D eigenvalue weighted by molar-refractivity contribution is 0.0527. The van der Waals surface area contributed by atoms with Crippen molar-refractivity contribution in [2.75, 3.05) is 42.8 Å². The van der Waals surface area contributed by atoms with Crippen molar-refractivity contribution in [3.05, 3.63) is 17.8 Å². The molecule has 1 aromatic heterocycles. The van der Waals surface area contributed by atoms with Crippen LogP contribution < -0.4 is 10.6 Å². The van der Waals surface area contributed by atoms with Gasteiger partial charge in [-0.05, 0) is 19.2 Å². The first-order chi connectivity index (χ1) is 8.60. The number of carbonyl (C=O) groups is 1. The highest BCUT2D eigenvalue weighted by Crippen LogP contribution is 2.18. The van der Waals surface area contributed by atoms with Gasteiger partial charge < -0.3 is 15.4 Å². The van der Waals surface area contributed by atoms with Gasteiger partial charge in [-0.3, -0.25) is 0 Å². The van der Waals surface area contributed by atoms with Crippen LogP contribution in [0.2, 0.25) is 0 Å². The Morgan fingerprint density at radius 2 is 2.33 bits per heavy atom. The molecule has 1 heterocycles. The summed E-state index contributed by atoms with van der Waals surface area (Å²) in [7, 11) is 1.93. The Morgan fingerprint density at radius 3 is 2.94 bits per heavy atom. The lowest BCUT2D eigenvalue weighted by Gasteiger charge is -2.18. The molecule has 0 saturated heterocycles. The Kier molecular flexibility index (Phi) is 5.77. The Hall–Kier alpha value is -1.43. The molecule has 6 heteroatoms. The molecule has 1 rings (SSSR count). The second kappa shape index (κ2) is 7.10. The fourth-order valence-electron chi connectivity index (χ4n) is 1.39. The minimum Gasteiger partial charge on any atom is -0.462 e. The van der Waals surface area contributed by atoms with Crippen LogP contribution in [-0.2, 0) is 4.74 Å². The monoisotopic (exact) mass is 269 g/mol. The fraction of sp³-hybridized carbons (Fsp3) is 0.500. The Labute approximate surface area is 112 Å². The Morgan fingerprint density at radius 1 is 1.61 bits per heavy atom. The maximum absolute atomic E-state index is 11.7. The summed E-state index contributed by atoms with van der Waals surface area (Å²) in [5.41, 5.74) is 6.45. The number of carbonyl (C=O) groups excluding carboxylic acids is 1. The van der Waals surface area contributed by atoms with E-state index in [1.807, 2.05) is 18.2 Å². The van der Waals surface area contributed by atoms with E-state index in [9.17, 15) is 4.79 Å². The number of ether oxygens (including phenoxy) is 1. The van der Waals surface area contributed by atoms with Crippen molar-refractivity contribution in [1.82, 2.24) is 4.98 Å². The molecule has 2 N–H and O–H groups in total. The highest BCUT2D eigenvalue weighted by Gasteiger charge is 2.13. The normalized spacial score (nSPS) is 10.2. The van der Waals surface area contributed by atoms with E-state index in [2.05, 4.69) is 4.98 Å². The summed E-state index contributed by atoms with van der Waals surface area (Å²) in [6, 6.07) is 1.67. The third kappa shape index (κ3) is 3.80. The van der Waals surface area contributed by atoms with Gasteiger partial charge in [0.1, 0.15) is 5.82 Å². The zero-order valence-corrected chi connectivity index (χ0v) is 11.8. The number of nitrogen functional groups attached to an aromatic ring is 1. The van der Waals surface area contributed by atoms with E-state index in [4.69, 9.17) is 10.5 Å². The highest BCUT2D eigenvalue weighted by molar-refractivity contribution is 7.98. The molecular weight excluding hydrogens is 250 g/mol. The van der Waals surface area contributed by atoms with E-state index in [0.717, 1.165) is 18.1 Å². The number of esters is 1. The largest absolute Gasteiger partial charge is 0.462 e. The van der Waals surface area contributed by atoms with Crippen LogP contribution in [0.5, 0.6) is 0 Å². The van der Waals surface area contributed by atoms with Crippen molar-refractivity contribution >= 4 is 29.2 Å². The molecule has 0 spiro atoms. The number of nitrogens with two attached hydrogens (primary N) is 1. The fourth-order valence-corrected chi connectivity index (χ4v) is 1.85. The molecule has 18 heavy (non-hydrogen) atoms.